The van der Waals surface area contributed by atoms with Gasteiger partial charge < -0.3 is 16.8 Å². The highest BCUT2D eigenvalue weighted by atomic mass is 16.6. The molecule has 0 spiro atoms. The highest BCUT2D eigenvalue weighted by molar-refractivity contribution is 5.81. The molecule has 15 heavy (non-hydrogen) atoms. The van der Waals surface area contributed by atoms with Crippen molar-refractivity contribution in [1.29, 1.82) is 0 Å². The Balaban J connectivity index is 2.83. The second-order valence-electron chi connectivity index (χ2n) is 2.85. The number of anilines is 2. The summed E-state index contributed by atoms with van der Waals surface area (Å²) >= 11 is 0. The molecule has 0 saturated heterocycles. The zero-order chi connectivity index (χ0) is 11.4. The lowest BCUT2D eigenvalue weighted by atomic mass is 10.2. The Morgan fingerprint density at radius 2 is 2.20 bits per heavy atom. The number of hydrogen-bond acceptors (Lipinski definition) is 5. The number of carbonyl (C=O) groups excluding carboxylic acids is 1. The molecule has 0 aliphatic rings. The Bertz CT molecular complexity index is 405. The van der Waals surface area contributed by atoms with Gasteiger partial charge in [-0.3, -0.25) is 14.9 Å². The van der Waals surface area contributed by atoms with Crippen LogP contribution in [-0.4, -0.2) is 17.4 Å². The summed E-state index contributed by atoms with van der Waals surface area (Å²) in [6.45, 7) is -0.0674. The van der Waals surface area contributed by atoms with Crippen molar-refractivity contribution in [1.82, 2.24) is 0 Å². The summed E-state index contributed by atoms with van der Waals surface area (Å²) in [6.07, 6.45) is 0. The van der Waals surface area contributed by atoms with Crippen LogP contribution in [0.25, 0.3) is 0 Å². The van der Waals surface area contributed by atoms with E-state index in [1.807, 2.05) is 0 Å². The van der Waals surface area contributed by atoms with E-state index in [2.05, 4.69) is 5.32 Å². The number of nitrogen functional groups attached to an aromatic ring is 1. The van der Waals surface area contributed by atoms with Crippen LogP contribution in [-0.2, 0) is 4.79 Å². The third kappa shape index (κ3) is 2.83. The lowest BCUT2D eigenvalue weighted by Crippen LogP contribution is -2.22. The third-order valence-corrected chi connectivity index (χ3v) is 1.70. The number of hydrogen-bond donors (Lipinski definition) is 3. The molecule has 0 fully saturated rings. The quantitative estimate of drug-likeness (QED) is 0.368. The van der Waals surface area contributed by atoms with Gasteiger partial charge in [0, 0.05) is 12.1 Å². The van der Waals surface area contributed by atoms with Gasteiger partial charge in [0.05, 0.1) is 22.8 Å². The normalized spacial score (nSPS) is 9.60. The van der Waals surface area contributed by atoms with Crippen LogP contribution in [0.3, 0.4) is 0 Å². The molecule has 1 amide bonds. The van der Waals surface area contributed by atoms with Gasteiger partial charge in [0.1, 0.15) is 0 Å². The Hall–Kier alpha value is -2.31. The summed E-state index contributed by atoms with van der Waals surface area (Å²) in [5.74, 6) is -0.534. The molecule has 0 heterocycles. The number of nitrogens with two attached hydrogens (primary N) is 2. The molecular formula is C8H10N4O3. The molecule has 7 nitrogen and oxygen atoms in total. The third-order valence-electron chi connectivity index (χ3n) is 1.70. The number of nitro groups is 1. The molecule has 0 bridgehead atoms. The van der Waals surface area contributed by atoms with Crippen LogP contribution in [0.15, 0.2) is 18.2 Å². The minimum atomic E-state index is -0.547. The molecule has 0 atom stereocenters. The monoisotopic (exact) mass is 210 g/mol. The molecule has 0 aliphatic heterocycles. The Morgan fingerprint density at radius 3 is 2.67 bits per heavy atom. The van der Waals surface area contributed by atoms with E-state index in [4.69, 9.17) is 11.5 Å². The fraction of sp³-hybridized carbons (Fsp3) is 0.125. The van der Waals surface area contributed by atoms with E-state index in [0.717, 1.165) is 0 Å². The first kappa shape index (κ1) is 10.8. The highest BCUT2D eigenvalue weighted by Gasteiger charge is 2.08. The van der Waals surface area contributed by atoms with Crippen LogP contribution >= 0.6 is 0 Å². The summed E-state index contributed by atoms with van der Waals surface area (Å²) in [5.41, 5.74) is 11.0. The van der Waals surface area contributed by atoms with E-state index in [0.29, 0.717) is 5.69 Å². The lowest BCUT2D eigenvalue weighted by molar-refractivity contribution is -0.384. The number of carbonyl (C=O) groups is 1. The Morgan fingerprint density at radius 1 is 1.53 bits per heavy atom. The molecule has 80 valence electrons. The van der Waals surface area contributed by atoms with Gasteiger partial charge in [-0.25, -0.2) is 0 Å². The number of nitrogens with one attached hydrogen (secondary N) is 1. The van der Waals surface area contributed by atoms with Crippen molar-refractivity contribution in [3.8, 4) is 0 Å². The van der Waals surface area contributed by atoms with Crippen molar-refractivity contribution in [2.75, 3.05) is 17.6 Å². The Labute approximate surface area is 85.2 Å². The van der Waals surface area contributed by atoms with Crippen LogP contribution in [0.5, 0.6) is 0 Å². The zero-order valence-electron chi connectivity index (χ0n) is 7.77. The molecule has 0 aliphatic carbocycles. The minimum Gasteiger partial charge on any atom is -0.397 e. The fourth-order valence-electron chi connectivity index (χ4n) is 1.01. The number of amides is 1. The first-order valence-electron chi connectivity index (χ1n) is 4.07. The second-order valence-corrected chi connectivity index (χ2v) is 2.85. The van der Waals surface area contributed by atoms with Gasteiger partial charge in [0.15, 0.2) is 0 Å². The number of rotatable bonds is 4. The molecule has 7 heteroatoms. The number of benzene rings is 1. The molecule has 0 saturated carbocycles. The first-order chi connectivity index (χ1) is 7.00. The van der Waals surface area contributed by atoms with Gasteiger partial charge in [-0.05, 0) is 6.07 Å². The summed E-state index contributed by atoms with van der Waals surface area (Å²) in [5, 5.41) is 13.0. The maximum absolute atomic E-state index is 10.5. The van der Waals surface area contributed by atoms with Gasteiger partial charge in [0.2, 0.25) is 5.91 Å². The number of primary amides is 1. The van der Waals surface area contributed by atoms with Crippen molar-refractivity contribution in [3.63, 3.8) is 0 Å². The van der Waals surface area contributed by atoms with Gasteiger partial charge >= 0.3 is 0 Å². The first-order valence-corrected chi connectivity index (χ1v) is 4.07. The molecular weight excluding hydrogens is 200 g/mol. The predicted octanol–water partition coefficient (Wildman–Crippen LogP) is 0.0742. The molecule has 1 aromatic carbocycles. The van der Waals surface area contributed by atoms with E-state index in [1.54, 1.807) is 0 Å². The van der Waals surface area contributed by atoms with Crippen molar-refractivity contribution >= 4 is 23.0 Å². The maximum Gasteiger partial charge on any atom is 0.271 e. The molecule has 1 aromatic rings. The zero-order valence-corrected chi connectivity index (χ0v) is 7.77. The average molecular weight is 210 g/mol. The molecule has 5 N–H and O–H groups in total. The maximum atomic E-state index is 10.5. The summed E-state index contributed by atoms with van der Waals surface area (Å²) in [4.78, 5) is 20.3. The van der Waals surface area contributed by atoms with E-state index in [-0.39, 0.29) is 17.9 Å². The van der Waals surface area contributed by atoms with Crippen molar-refractivity contribution in [2.45, 2.75) is 0 Å². The van der Waals surface area contributed by atoms with E-state index < -0.39 is 10.8 Å². The van der Waals surface area contributed by atoms with Gasteiger partial charge in [-0.1, -0.05) is 0 Å². The standard InChI is InChI=1S/C8H10N4O3/c9-6-3-5(12(14)15)1-2-7(6)11-4-8(10)13/h1-3,11H,4,9H2,(H2,10,13). The summed E-state index contributed by atoms with van der Waals surface area (Å²) in [6, 6.07) is 3.93. The van der Waals surface area contributed by atoms with Gasteiger partial charge in [0.25, 0.3) is 5.69 Å². The van der Waals surface area contributed by atoms with Crippen LogP contribution in [0, 0.1) is 10.1 Å². The average Bonchev–Trinajstić information content (AvgIpc) is 2.15. The molecule has 0 unspecified atom stereocenters. The second kappa shape index (κ2) is 4.27. The largest absolute Gasteiger partial charge is 0.397 e. The van der Waals surface area contributed by atoms with Gasteiger partial charge in [-0.15, -0.1) is 0 Å². The van der Waals surface area contributed by atoms with Crippen LogP contribution < -0.4 is 16.8 Å². The van der Waals surface area contributed by atoms with Crippen molar-refractivity contribution in [2.24, 2.45) is 5.73 Å². The van der Waals surface area contributed by atoms with E-state index in [9.17, 15) is 14.9 Å². The van der Waals surface area contributed by atoms with Crippen molar-refractivity contribution in [3.05, 3.63) is 28.3 Å². The Kier molecular flexibility index (Phi) is 3.06. The minimum absolute atomic E-state index is 0.0674. The van der Waals surface area contributed by atoms with Crippen LogP contribution in [0.2, 0.25) is 0 Å². The van der Waals surface area contributed by atoms with Crippen LogP contribution in [0.4, 0.5) is 17.1 Å². The van der Waals surface area contributed by atoms with Crippen LogP contribution in [0.1, 0.15) is 0 Å². The molecule has 0 aromatic heterocycles. The molecule has 1 rings (SSSR count). The lowest BCUT2D eigenvalue weighted by Gasteiger charge is -2.06. The number of non-ortho nitro benzene ring substituents is 1. The summed E-state index contributed by atoms with van der Waals surface area (Å²) < 4.78 is 0. The topological polar surface area (TPSA) is 124 Å². The van der Waals surface area contributed by atoms with E-state index >= 15 is 0 Å². The van der Waals surface area contributed by atoms with E-state index in [1.165, 1.54) is 18.2 Å². The fourth-order valence-corrected chi connectivity index (χ4v) is 1.01. The van der Waals surface area contributed by atoms with Gasteiger partial charge in [-0.2, -0.15) is 0 Å². The smallest absolute Gasteiger partial charge is 0.271 e. The molecule has 0 radical (unpaired) electrons. The summed E-state index contributed by atoms with van der Waals surface area (Å²) in [7, 11) is 0. The predicted molar refractivity (Wildman–Crippen MR) is 55.2 cm³/mol. The number of nitrogens with zero attached hydrogens (tertiary/aromatic N) is 1. The highest BCUT2D eigenvalue weighted by Crippen LogP contribution is 2.23. The van der Waals surface area contributed by atoms with Crippen molar-refractivity contribution < 1.29 is 9.72 Å². The number of nitro benzene ring substituents is 1. The SMILES string of the molecule is NC(=O)CNc1ccc([N+](=O)[O-])cc1N.